The first kappa shape index (κ1) is 20.2. The minimum Gasteiger partial charge on any atom is -0.462 e. The zero-order chi connectivity index (χ0) is 19.0. The van der Waals surface area contributed by atoms with Crippen molar-refractivity contribution in [3.05, 3.63) is 22.5 Å². The van der Waals surface area contributed by atoms with Crippen molar-refractivity contribution in [2.24, 2.45) is 0 Å². The molecule has 9 nitrogen and oxygen atoms in total. The monoisotopic (exact) mass is 355 g/mol. The van der Waals surface area contributed by atoms with Gasteiger partial charge in [-0.25, -0.2) is 9.59 Å². The number of aromatic amines is 1. The standard InChI is InChI=1S/C16H21NO8/c1-5-22-15(20)13-11(7-24-9(3)18)17-12(8-25-10(4)19)14(13)16(21)23-6-2/h17H,5-8H2,1-4H3. The van der Waals surface area contributed by atoms with Crippen LogP contribution in [0, 0.1) is 0 Å². The minimum atomic E-state index is -0.780. The van der Waals surface area contributed by atoms with Gasteiger partial charge in [-0.2, -0.15) is 0 Å². The smallest absolute Gasteiger partial charge is 0.340 e. The highest BCUT2D eigenvalue weighted by Gasteiger charge is 2.30. The summed E-state index contributed by atoms with van der Waals surface area (Å²) in [7, 11) is 0. The number of carbonyl (C=O) groups excluding carboxylic acids is 4. The molecule has 0 aliphatic heterocycles. The fourth-order valence-electron chi connectivity index (χ4n) is 2.03. The molecule has 25 heavy (non-hydrogen) atoms. The number of ether oxygens (including phenoxy) is 4. The Balaban J connectivity index is 3.40. The lowest BCUT2D eigenvalue weighted by molar-refractivity contribution is -0.143. The zero-order valence-electron chi connectivity index (χ0n) is 14.6. The summed E-state index contributed by atoms with van der Waals surface area (Å²) in [6.45, 7) is 5.24. The van der Waals surface area contributed by atoms with Crippen LogP contribution in [-0.4, -0.2) is 42.1 Å². The largest absolute Gasteiger partial charge is 0.462 e. The van der Waals surface area contributed by atoms with E-state index >= 15 is 0 Å². The second kappa shape index (κ2) is 9.45. The number of carbonyl (C=O) groups is 4. The molecule has 0 aliphatic rings. The van der Waals surface area contributed by atoms with Crippen molar-refractivity contribution in [1.29, 1.82) is 0 Å². The van der Waals surface area contributed by atoms with E-state index in [0.717, 1.165) is 0 Å². The first-order valence-electron chi connectivity index (χ1n) is 7.66. The van der Waals surface area contributed by atoms with Crippen molar-refractivity contribution < 1.29 is 38.1 Å². The Labute approximate surface area is 144 Å². The van der Waals surface area contributed by atoms with Crippen molar-refractivity contribution in [3.63, 3.8) is 0 Å². The van der Waals surface area contributed by atoms with E-state index in [2.05, 4.69) is 4.98 Å². The fraction of sp³-hybridized carbons (Fsp3) is 0.500. The highest BCUT2D eigenvalue weighted by Crippen LogP contribution is 2.24. The van der Waals surface area contributed by atoms with Crippen LogP contribution < -0.4 is 0 Å². The van der Waals surface area contributed by atoms with Crippen LogP contribution in [0.1, 0.15) is 59.8 Å². The number of H-pyrrole nitrogens is 1. The highest BCUT2D eigenvalue weighted by atomic mass is 16.5. The molecule has 1 N–H and O–H groups in total. The van der Waals surface area contributed by atoms with Crippen LogP contribution in [0.25, 0.3) is 0 Å². The molecule has 1 aromatic rings. The third-order valence-electron chi connectivity index (χ3n) is 2.95. The number of hydrogen-bond acceptors (Lipinski definition) is 8. The molecule has 0 aliphatic carbocycles. The van der Waals surface area contributed by atoms with E-state index in [9.17, 15) is 19.2 Å². The molecule has 0 fully saturated rings. The molecule has 0 saturated heterocycles. The number of aromatic nitrogens is 1. The first-order valence-corrected chi connectivity index (χ1v) is 7.66. The third-order valence-corrected chi connectivity index (χ3v) is 2.95. The van der Waals surface area contributed by atoms with Gasteiger partial charge in [0.1, 0.15) is 13.2 Å². The van der Waals surface area contributed by atoms with Gasteiger partial charge in [-0.1, -0.05) is 0 Å². The second-order valence-electron chi connectivity index (χ2n) is 4.83. The summed E-state index contributed by atoms with van der Waals surface area (Å²) in [5.41, 5.74) is 0.0881. The van der Waals surface area contributed by atoms with E-state index in [1.165, 1.54) is 13.8 Å². The first-order chi connectivity index (χ1) is 11.8. The molecule has 1 aromatic heterocycles. The lowest BCUT2D eigenvalue weighted by Gasteiger charge is -2.08. The van der Waals surface area contributed by atoms with Crippen molar-refractivity contribution in [2.45, 2.75) is 40.9 Å². The maximum Gasteiger partial charge on any atom is 0.340 e. The van der Waals surface area contributed by atoms with Gasteiger partial charge in [-0.05, 0) is 13.8 Å². The molecule has 138 valence electrons. The molecule has 0 bridgehead atoms. The Kier molecular flexibility index (Phi) is 7.64. The maximum atomic E-state index is 12.3. The van der Waals surface area contributed by atoms with Gasteiger partial charge in [0, 0.05) is 13.8 Å². The molecular formula is C16H21NO8. The Hall–Kier alpha value is -2.84. The summed E-state index contributed by atoms with van der Waals surface area (Å²) in [5.74, 6) is -2.69. The van der Waals surface area contributed by atoms with Crippen LogP contribution in [-0.2, 0) is 41.8 Å². The molecular weight excluding hydrogens is 334 g/mol. The molecule has 0 aromatic carbocycles. The Morgan fingerprint density at radius 2 is 1.08 bits per heavy atom. The van der Waals surface area contributed by atoms with Crippen LogP contribution >= 0.6 is 0 Å². The molecule has 0 amide bonds. The summed E-state index contributed by atoms with van der Waals surface area (Å²) in [4.78, 5) is 49.5. The number of rotatable bonds is 8. The van der Waals surface area contributed by atoms with E-state index in [-0.39, 0.29) is 48.9 Å². The summed E-state index contributed by atoms with van der Waals surface area (Å²) in [5, 5.41) is 0. The van der Waals surface area contributed by atoms with E-state index in [1.807, 2.05) is 0 Å². The molecule has 1 heterocycles. The number of hydrogen-bond donors (Lipinski definition) is 1. The van der Waals surface area contributed by atoms with Crippen molar-refractivity contribution in [2.75, 3.05) is 13.2 Å². The van der Waals surface area contributed by atoms with E-state index in [4.69, 9.17) is 18.9 Å². The predicted molar refractivity (Wildman–Crippen MR) is 83.6 cm³/mol. The second-order valence-corrected chi connectivity index (χ2v) is 4.83. The lowest BCUT2D eigenvalue weighted by Crippen LogP contribution is -2.16. The normalized spacial score (nSPS) is 10.1. The maximum absolute atomic E-state index is 12.3. The fourth-order valence-corrected chi connectivity index (χ4v) is 2.03. The van der Waals surface area contributed by atoms with Gasteiger partial charge in [0.15, 0.2) is 0 Å². The number of nitrogens with one attached hydrogen (secondary N) is 1. The highest BCUT2D eigenvalue weighted by molar-refractivity contribution is 6.05. The van der Waals surface area contributed by atoms with Gasteiger partial charge in [-0.3, -0.25) is 9.59 Å². The van der Waals surface area contributed by atoms with Crippen LogP contribution in [0.3, 0.4) is 0 Å². The van der Waals surface area contributed by atoms with E-state index in [0.29, 0.717) is 0 Å². The zero-order valence-corrected chi connectivity index (χ0v) is 14.6. The molecule has 0 unspecified atom stereocenters. The topological polar surface area (TPSA) is 121 Å². The van der Waals surface area contributed by atoms with E-state index in [1.54, 1.807) is 13.8 Å². The quantitative estimate of drug-likeness (QED) is 0.550. The van der Waals surface area contributed by atoms with Crippen molar-refractivity contribution in [3.8, 4) is 0 Å². The van der Waals surface area contributed by atoms with Gasteiger partial charge >= 0.3 is 23.9 Å². The molecule has 0 atom stereocenters. The van der Waals surface area contributed by atoms with E-state index < -0.39 is 23.9 Å². The minimum absolute atomic E-state index is 0.0819. The summed E-state index contributed by atoms with van der Waals surface area (Å²) < 4.78 is 19.7. The Bertz CT molecular complexity index is 607. The van der Waals surface area contributed by atoms with Gasteiger partial charge in [-0.15, -0.1) is 0 Å². The molecule has 1 rings (SSSR count). The van der Waals surface area contributed by atoms with Crippen LogP contribution in [0.5, 0.6) is 0 Å². The summed E-state index contributed by atoms with van der Waals surface area (Å²) in [6, 6.07) is 0. The predicted octanol–water partition coefficient (Wildman–Crippen LogP) is 1.49. The van der Waals surface area contributed by atoms with Crippen LogP contribution in [0.4, 0.5) is 0 Å². The summed E-state index contributed by atoms with van der Waals surface area (Å²) in [6.07, 6.45) is 0. The lowest BCUT2D eigenvalue weighted by atomic mass is 10.1. The third kappa shape index (κ3) is 5.63. The van der Waals surface area contributed by atoms with Crippen LogP contribution in [0.2, 0.25) is 0 Å². The van der Waals surface area contributed by atoms with Gasteiger partial charge in [0.05, 0.1) is 35.7 Å². The molecule has 0 radical (unpaired) electrons. The Morgan fingerprint density at radius 3 is 1.36 bits per heavy atom. The van der Waals surface area contributed by atoms with Crippen molar-refractivity contribution >= 4 is 23.9 Å². The average molecular weight is 355 g/mol. The van der Waals surface area contributed by atoms with Crippen LogP contribution in [0.15, 0.2) is 0 Å². The van der Waals surface area contributed by atoms with Gasteiger partial charge in [0.25, 0.3) is 0 Å². The van der Waals surface area contributed by atoms with Gasteiger partial charge in [0.2, 0.25) is 0 Å². The molecule has 0 spiro atoms. The molecule has 0 saturated carbocycles. The average Bonchev–Trinajstić information content (AvgIpc) is 2.90. The van der Waals surface area contributed by atoms with Gasteiger partial charge < -0.3 is 23.9 Å². The Morgan fingerprint density at radius 1 is 0.720 bits per heavy atom. The number of esters is 4. The SMILES string of the molecule is CCOC(=O)c1c(COC(C)=O)[nH]c(COC(C)=O)c1C(=O)OCC. The summed E-state index contributed by atoms with van der Waals surface area (Å²) >= 11 is 0. The van der Waals surface area contributed by atoms with Crippen molar-refractivity contribution in [1.82, 2.24) is 4.98 Å². The molecule has 9 heteroatoms.